The molecule has 2 nitrogen and oxygen atoms in total. The molecule has 3 heteroatoms. The zero-order valence-corrected chi connectivity index (χ0v) is 12.6. The van der Waals surface area contributed by atoms with Crippen LogP contribution in [0.4, 0.5) is 0 Å². The van der Waals surface area contributed by atoms with Crippen molar-refractivity contribution in [1.82, 2.24) is 0 Å². The molecule has 108 valence electrons. The lowest BCUT2D eigenvalue weighted by Crippen LogP contribution is -2.10. The van der Waals surface area contributed by atoms with Crippen LogP contribution in [-0.2, 0) is 0 Å². The summed E-state index contributed by atoms with van der Waals surface area (Å²) in [6, 6.07) is 22.6. The van der Waals surface area contributed by atoms with Crippen LogP contribution in [0.2, 0.25) is 0 Å². The molecule has 4 rings (SSSR count). The minimum absolute atomic E-state index is 0. The number of carbonyl (C=O) groups is 1. The average molecular weight is 308 g/mol. The molecule has 0 aliphatic heterocycles. The van der Waals surface area contributed by atoms with Crippen molar-refractivity contribution in [2.75, 3.05) is 0 Å². The summed E-state index contributed by atoms with van der Waals surface area (Å²) in [5, 5.41) is 6.97. The highest BCUT2D eigenvalue weighted by Crippen LogP contribution is 2.27. The van der Waals surface area contributed by atoms with Crippen molar-refractivity contribution in [3.63, 3.8) is 0 Å². The molecule has 4 aromatic carbocycles. The Balaban J connectivity index is 0.00000144. The highest BCUT2D eigenvalue weighted by atomic mass is 35.5. The summed E-state index contributed by atoms with van der Waals surface area (Å²) >= 11 is 0. The number of nitrogens with two attached hydrogens (primary N) is 1. The lowest BCUT2D eigenvalue weighted by molar-refractivity contribution is 0.100. The van der Waals surface area contributed by atoms with Gasteiger partial charge in [-0.15, -0.1) is 12.4 Å². The van der Waals surface area contributed by atoms with Gasteiger partial charge in [0, 0.05) is 5.56 Å². The van der Waals surface area contributed by atoms with Crippen molar-refractivity contribution >= 4 is 50.6 Å². The molecule has 0 fully saturated rings. The van der Waals surface area contributed by atoms with Crippen LogP contribution in [-0.4, -0.2) is 5.91 Å². The molecule has 0 aromatic heterocycles. The van der Waals surface area contributed by atoms with Gasteiger partial charge in [-0.3, -0.25) is 4.79 Å². The van der Waals surface area contributed by atoms with Gasteiger partial charge >= 0.3 is 0 Å². The Labute approximate surface area is 133 Å². The van der Waals surface area contributed by atoms with Crippen LogP contribution in [0.5, 0.6) is 0 Å². The average Bonchev–Trinajstić information content (AvgIpc) is 2.50. The van der Waals surface area contributed by atoms with Crippen LogP contribution in [0.15, 0.2) is 66.7 Å². The normalized spacial score (nSPS) is 10.7. The van der Waals surface area contributed by atoms with E-state index in [0.717, 1.165) is 10.8 Å². The number of rotatable bonds is 1. The molecule has 22 heavy (non-hydrogen) atoms. The van der Waals surface area contributed by atoms with Gasteiger partial charge in [0.1, 0.15) is 0 Å². The molecule has 0 atom stereocenters. The van der Waals surface area contributed by atoms with Crippen molar-refractivity contribution in [2.24, 2.45) is 5.73 Å². The number of hydrogen-bond acceptors (Lipinski definition) is 1. The summed E-state index contributed by atoms with van der Waals surface area (Å²) < 4.78 is 0. The van der Waals surface area contributed by atoms with E-state index in [0.29, 0.717) is 5.56 Å². The Morgan fingerprint density at radius 2 is 1.09 bits per heavy atom. The molecule has 0 unspecified atom stereocenters. The Morgan fingerprint density at radius 1 is 0.636 bits per heavy atom. The van der Waals surface area contributed by atoms with Crippen LogP contribution in [0.1, 0.15) is 10.4 Å². The second-order valence-corrected chi connectivity index (χ2v) is 5.32. The maximum absolute atomic E-state index is 11.3. The number of halogens is 1. The second kappa shape index (κ2) is 5.32. The lowest BCUT2D eigenvalue weighted by Gasteiger charge is -2.06. The van der Waals surface area contributed by atoms with E-state index in [-0.39, 0.29) is 12.4 Å². The van der Waals surface area contributed by atoms with Crippen molar-refractivity contribution in [2.45, 2.75) is 0 Å². The topological polar surface area (TPSA) is 43.1 Å². The number of amides is 1. The summed E-state index contributed by atoms with van der Waals surface area (Å²) in [5.74, 6) is -0.393. The van der Waals surface area contributed by atoms with Gasteiger partial charge in [0.15, 0.2) is 0 Å². The van der Waals surface area contributed by atoms with Gasteiger partial charge in [0.2, 0.25) is 5.91 Å². The molecular formula is C19H14ClNO. The SMILES string of the molecule is Cl.NC(=O)c1ccc2cc3cc4ccccc4cc3cc2c1. The van der Waals surface area contributed by atoms with Gasteiger partial charge < -0.3 is 5.73 Å². The van der Waals surface area contributed by atoms with Crippen LogP contribution in [0.3, 0.4) is 0 Å². The quantitative estimate of drug-likeness (QED) is 0.510. The molecule has 0 radical (unpaired) electrons. The Kier molecular flexibility index (Phi) is 3.47. The Bertz CT molecular complexity index is 1020. The van der Waals surface area contributed by atoms with Crippen LogP contribution in [0.25, 0.3) is 32.3 Å². The first-order chi connectivity index (χ1) is 10.2. The minimum Gasteiger partial charge on any atom is -0.366 e. The van der Waals surface area contributed by atoms with E-state index in [1.54, 1.807) is 6.07 Å². The van der Waals surface area contributed by atoms with E-state index in [1.807, 2.05) is 24.3 Å². The number of primary amides is 1. The smallest absolute Gasteiger partial charge is 0.248 e. The molecule has 2 N–H and O–H groups in total. The van der Waals surface area contributed by atoms with E-state index in [2.05, 4.69) is 36.4 Å². The second-order valence-electron chi connectivity index (χ2n) is 5.32. The molecule has 0 aliphatic rings. The Hall–Kier alpha value is -2.58. The van der Waals surface area contributed by atoms with Gasteiger partial charge in [0.05, 0.1) is 0 Å². The maximum atomic E-state index is 11.3. The molecule has 0 heterocycles. The summed E-state index contributed by atoms with van der Waals surface area (Å²) in [6.45, 7) is 0. The Morgan fingerprint density at radius 3 is 1.64 bits per heavy atom. The van der Waals surface area contributed by atoms with E-state index >= 15 is 0 Å². The monoisotopic (exact) mass is 307 g/mol. The summed E-state index contributed by atoms with van der Waals surface area (Å²) in [6.07, 6.45) is 0. The molecule has 4 aromatic rings. The van der Waals surface area contributed by atoms with Crippen molar-refractivity contribution in [3.8, 4) is 0 Å². The molecule has 0 bridgehead atoms. The number of benzene rings is 4. The fourth-order valence-corrected chi connectivity index (χ4v) is 2.85. The van der Waals surface area contributed by atoms with Crippen molar-refractivity contribution < 1.29 is 4.79 Å². The molecule has 1 amide bonds. The van der Waals surface area contributed by atoms with Crippen molar-refractivity contribution in [1.29, 1.82) is 0 Å². The zero-order valence-electron chi connectivity index (χ0n) is 11.7. The summed E-state index contributed by atoms with van der Waals surface area (Å²) in [4.78, 5) is 11.3. The molecule has 0 aliphatic carbocycles. The van der Waals surface area contributed by atoms with Gasteiger partial charge in [-0.05, 0) is 68.7 Å². The van der Waals surface area contributed by atoms with Crippen LogP contribution in [0, 0.1) is 0 Å². The van der Waals surface area contributed by atoms with Gasteiger partial charge in [-0.2, -0.15) is 0 Å². The zero-order chi connectivity index (χ0) is 14.4. The molecule has 0 saturated heterocycles. The first-order valence-corrected chi connectivity index (χ1v) is 6.87. The molecule has 0 saturated carbocycles. The van der Waals surface area contributed by atoms with Gasteiger partial charge in [-0.25, -0.2) is 0 Å². The third-order valence-electron chi connectivity index (χ3n) is 3.94. The maximum Gasteiger partial charge on any atom is 0.248 e. The summed E-state index contributed by atoms with van der Waals surface area (Å²) in [5.41, 5.74) is 5.90. The van der Waals surface area contributed by atoms with E-state index < -0.39 is 5.91 Å². The largest absolute Gasteiger partial charge is 0.366 e. The minimum atomic E-state index is -0.393. The standard InChI is InChI=1S/C19H13NO.ClH/c20-19(21)15-6-5-14-9-17-7-12-3-1-2-4-13(12)8-18(17)11-16(14)10-15;/h1-11H,(H2,20,21);1H. The highest BCUT2D eigenvalue weighted by molar-refractivity contribution is 6.06. The predicted molar refractivity (Wildman–Crippen MR) is 94.7 cm³/mol. The fourth-order valence-electron chi connectivity index (χ4n) is 2.85. The first kappa shape index (κ1) is 14.4. The predicted octanol–water partition coefficient (Wildman–Crippen LogP) is 4.67. The van der Waals surface area contributed by atoms with Crippen LogP contribution < -0.4 is 5.73 Å². The van der Waals surface area contributed by atoms with E-state index in [4.69, 9.17) is 5.73 Å². The number of carbonyl (C=O) groups excluding carboxylic acids is 1. The fraction of sp³-hybridized carbons (Fsp3) is 0. The third-order valence-corrected chi connectivity index (χ3v) is 3.94. The number of hydrogen-bond donors (Lipinski definition) is 1. The number of fused-ring (bicyclic) bond motifs is 3. The van der Waals surface area contributed by atoms with E-state index in [1.165, 1.54) is 21.5 Å². The van der Waals surface area contributed by atoms with Gasteiger partial charge in [-0.1, -0.05) is 30.3 Å². The van der Waals surface area contributed by atoms with Crippen molar-refractivity contribution in [3.05, 3.63) is 72.3 Å². The third kappa shape index (κ3) is 2.28. The van der Waals surface area contributed by atoms with Crippen LogP contribution >= 0.6 is 12.4 Å². The lowest BCUT2D eigenvalue weighted by atomic mass is 9.98. The van der Waals surface area contributed by atoms with Gasteiger partial charge in [0.25, 0.3) is 0 Å². The molecular weight excluding hydrogens is 294 g/mol. The molecule has 0 spiro atoms. The summed E-state index contributed by atoms with van der Waals surface area (Å²) in [7, 11) is 0. The van der Waals surface area contributed by atoms with E-state index in [9.17, 15) is 4.79 Å². The first-order valence-electron chi connectivity index (χ1n) is 6.87. The highest BCUT2D eigenvalue weighted by Gasteiger charge is 2.04.